The fraction of sp³-hybridized carbons (Fsp3) is 0.263. The number of H-pyrrole nitrogens is 2. The second-order valence-electron chi connectivity index (χ2n) is 7.10. The number of hydrogen-bond donors (Lipinski definition) is 3. The van der Waals surface area contributed by atoms with E-state index in [-0.39, 0.29) is 23.4 Å². The Morgan fingerprint density at radius 1 is 1.35 bits per heavy atom. The maximum Gasteiger partial charge on any atom is 0.333 e. The topological polar surface area (TPSA) is 167 Å². The largest absolute Gasteiger partial charge is 0.488 e. The molecule has 31 heavy (non-hydrogen) atoms. The number of pyridine rings is 2. The maximum atomic E-state index is 13.0. The Hall–Kier alpha value is -4.22. The van der Waals surface area contributed by atoms with Gasteiger partial charge in [0.25, 0.3) is 5.91 Å². The van der Waals surface area contributed by atoms with Gasteiger partial charge in [-0.1, -0.05) is 0 Å². The Balaban J connectivity index is 1.89. The molecule has 0 saturated heterocycles. The first kappa shape index (κ1) is 18.8. The predicted molar refractivity (Wildman–Crippen MR) is 108 cm³/mol. The van der Waals surface area contributed by atoms with Crippen molar-refractivity contribution >= 4 is 17.1 Å². The smallest absolute Gasteiger partial charge is 0.333 e. The first-order chi connectivity index (χ1) is 15.0. The molecule has 158 valence electrons. The number of rotatable bonds is 2. The average molecular weight is 422 g/mol. The third-order valence-electron chi connectivity index (χ3n) is 4.98. The molecule has 0 fully saturated rings. The van der Waals surface area contributed by atoms with Crippen LogP contribution in [0.4, 0.5) is 0 Å². The number of carbonyl (C=O) groups excluding carboxylic acids is 1. The lowest BCUT2D eigenvalue weighted by atomic mass is 10.1. The minimum Gasteiger partial charge on any atom is -0.488 e. The maximum absolute atomic E-state index is 13.0. The molecule has 4 N–H and O–H groups in total. The highest BCUT2D eigenvalue weighted by atomic mass is 16.5. The van der Waals surface area contributed by atoms with Crippen LogP contribution >= 0.6 is 0 Å². The number of aromatic amines is 2. The highest BCUT2D eigenvalue weighted by Gasteiger charge is 2.25. The van der Waals surface area contributed by atoms with Gasteiger partial charge in [0.15, 0.2) is 17.3 Å². The van der Waals surface area contributed by atoms with E-state index in [1.165, 1.54) is 17.0 Å². The number of nitrogens with two attached hydrogens (primary N) is 1. The number of primary amides is 1. The van der Waals surface area contributed by atoms with Crippen LogP contribution in [0, 0.1) is 0 Å². The van der Waals surface area contributed by atoms with Gasteiger partial charge >= 0.3 is 5.69 Å². The summed E-state index contributed by atoms with van der Waals surface area (Å²) in [7, 11) is 0. The van der Waals surface area contributed by atoms with E-state index in [9.17, 15) is 9.59 Å². The van der Waals surface area contributed by atoms with Gasteiger partial charge in [0.2, 0.25) is 5.88 Å². The van der Waals surface area contributed by atoms with Crippen LogP contribution in [0.2, 0.25) is 0 Å². The molecule has 12 heteroatoms. The van der Waals surface area contributed by atoms with Crippen LogP contribution in [0.3, 0.4) is 0 Å². The molecule has 12 nitrogen and oxygen atoms in total. The van der Waals surface area contributed by atoms with Crippen molar-refractivity contribution in [1.82, 2.24) is 34.7 Å². The standard InChI is InChI=1S/C19H18N8O4/c1-9-3-2-6-30-18-10(14(20)28)7-11(15-22-8-23-26-15)17(25-18)27-13-12(31-9)4-5-21-16(13)24-19(27)29/h4-5,7-9H,2-3,6H2,1H3,(H2,20,28)(H,21,24,29)(H,22,23,26). The molecule has 1 aliphatic rings. The highest BCUT2D eigenvalue weighted by molar-refractivity contribution is 5.97. The zero-order chi connectivity index (χ0) is 21.5. The highest BCUT2D eigenvalue weighted by Crippen LogP contribution is 2.32. The second kappa shape index (κ2) is 7.23. The fourth-order valence-corrected chi connectivity index (χ4v) is 3.57. The van der Waals surface area contributed by atoms with E-state index in [0.29, 0.717) is 47.7 Å². The van der Waals surface area contributed by atoms with Crippen LogP contribution in [-0.2, 0) is 0 Å². The van der Waals surface area contributed by atoms with Crippen LogP contribution in [-0.4, -0.2) is 53.3 Å². The number of amides is 1. The van der Waals surface area contributed by atoms with E-state index < -0.39 is 11.6 Å². The zero-order valence-corrected chi connectivity index (χ0v) is 16.5. The van der Waals surface area contributed by atoms with Gasteiger partial charge in [0, 0.05) is 12.3 Å². The fourth-order valence-electron chi connectivity index (χ4n) is 3.57. The van der Waals surface area contributed by atoms with E-state index >= 15 is 0 Å². The molecule has 5 rings (SSSR count). The number of carbonyl (C=O) groups is 1. The first-order valence-electron chi connectivity index (χ1n) is 9.63. The molecule has 0 saturated carbocycles. The molecule has 2 bridgehead atoms. The Morgan fingerprint density at radius 2 is 2.23 bits per heavy atom. The van der Waals surface area contributed by atoms with Gasteiger partial charge in [-0.3, -0.25) is 14.9 Å². The van der Waals surface area contributed by atoms with Crippen molar-refractivity contribution in [3.63, 3.8) is 0 Å². The predicted octanol–water partition coefficient (Wildman–Crippen LogP) is 0.933. The number of nitrogens with zero attached hydrogens (tertiary/aromatic N) is 5. The number of aromatic nitrogens is 7. The van der Waals surface area contributed by atoms with Gasteiger partial charge in [0.1, 0.15) is 23.2 Å². The molecule has 1 amide bonds. The average Bonchev–Trinajstić information content (AvgIpc) is 3.37. The van der Waals surface area contributed by atoms with Crippen LogP contribution in [0.1, 0.15) is 30.1 Å². The van der Waals surface area contributed by atoms with Crippen LogP contribution in [0.15, 0.2) is 29.5 Å². The molecule has 1 unspecified atom stereocenters. The summed E-state index contributed by atoms with van der Waals surface area (Å²) < 4.78 is 13.2. The summed E-state index contributed by atoms with van der Waals surface area (Å²) in [5.74, 6) is 0.255. The van der Waals surface area contributed by atoms with Gasteiger partial charge in [-0.2, -0.15) is 10.1 Å². The summed E-state index contributed by atoms with van der Waals surface area (Å²) in [6.07, 6.45) is 4.07. The lowest BCUT2D eigenvalue weighted by molar-refractivity contribution is 0.0995. The SMILES string of the molecule is CC1CCCOc2nc(c(-c3ncn[nH]3)cc2C(N)=O)-n2c(=O)[nH]c3nccc(c32)O1. The van der Waals surface area contributed by atoms with Crippen molar-refractivity contribution in [3.05, 3.63) is 40.7 Å². The van der Waals surface area contributed by atoms with E-state index in [2.05, 4.69) is 30.1 Å². The van der Waals surface area contributed by atoms with E-state index in [0.717, 1.165) is 0 Å². The van der Waals surface area contributed by atoms with Gasteiger partial charge in [0.05, 0.1) is 18.3 Å². The van der Waals surface area contributed by atoms with E-state index in [4.69, 9.17) is 15.2 Å². The van der Waals surface area contributed by atoms with Crippen LogP contribution in [0.25, 0.3) is 28.4 Å². The molecule has 0 aliphatic carbocycles. The van der Waals surface area contributed by atoms with Crippen LogP contribution in [0.5, 0.6) is 11.6 Å². The molecule has 0 radical (unpaired) electrons. The molecule has 5 heterocycles. The summed E-state index contributed by atoms with van der Waals surface area (Å²) in [6.45, 7) is 2.22. The minimum atomic E-state index is -0.716. The van der Waals surface area contributed by atoms with Crippen LogP contribution < -0.4 is 20.9 Å². The molecular weight excluding hydrogens is 404 g/mol. The normalized spacial score (nSPS) is 16.1. The Morgan fingerprint density at radius 3 is 3.00 bits per heavy atom. The second-order valence-corrected chi connectivity index (χ2v) is 7.10. The monoisotopic (exact) mass is 422 g/mol. The third kappa shape index (κ3) is 3.17. The zero-order valence-electron chi connectivity index (χ0n) is 16.5. The quantitative estimate of drug-likeness (QED) is 0.429. The summed E-state index contributed by atoms with van der Waals surface area (Å²) in [4.78, 5) is 40.7. The Kier molecular flexibility index (Phi) is 4.38. The number of hydrogen-bond acceptors (Lipinski definition) is 8. The van der Waals surface area contributed by atoms with Gasteiger partial charge in [-0.15, -0.1) is 0 Å². The van der Waals surface area contributed by atoms with Crippen molar-refractivity contribution in [1.29, 1.82) is 0 Å². The molecule has 4 aromatic rings. The molecule has 0 spiro atoms. The number of imidazole rings is 1. The summed E-state index contributed by atoms with van der Waals surface area (Å²) >= 11 is 0. The van der Waals surface area contributed by atoms with Crippen molar-refractivity contribution in [2.75, 3.05) is 6.61 Å². The number of ether oxygens (including phenoxy) is 2. The van der Waals surface area contributed by atoms with Gasteiger partial charge in [-0.25, -0.2) is 19.3 Å². The minimum absolute atomic E-state index is 0.0339. The van der Waals surface area contributed by atoms with E-state index in [1.54, 1.807) is 12.3 Å². The first-order valence-corrected chi connectivity index (χ1v) is 9.63. The number of nitrogens with one attached hydrogen (secondary N) is 2. The van der Waals surface area contributed by atoms with Crippen molar-refractivity contribution in [3.8, 4) is 28.8 Å². The van der Waals surface area contributed by atoms with Crippen molar-refractivity contribution in [2.24, 2.45) is 5.73 Å². The van der Waals surface area contributed by atoms with E-state index in [1.807, 2.05) is 6.92 Å². The van der Waals surface area contributed by atoms with Crippen molar-refractivity contribution in [2.45, 2.75) is 25.9 Å². The molecule has 1 atom stereocenters. The third-order valence-corrected chi connectivity index (χ3v) is 4.98. The van der Waals surface area contributed by atoms with Crippen molar-refractivity contribution < 1.29 is 14.3 Å². The molecule has 0 aromatic carbocycles. The Bertz CT molecular complexity index is 1340. The molecule has 4 aromatic heterocycles. The summed E-state index contributed by atoms with van der Waals surface area (Å²) in [5, 5.41) is 6.59. The van der Waals surface area contributed by atoms with Gasteiger partial charge < -0.3 is 15.2 Å². The molecular formula is C19H18N8O4. The lowest BCUT2D eigenvalue weighted by Crippen LogP contribution is -2.22. The Labute approximate surface area is 174 Å². The van der Waals surface area contributed by atoms with Gasteiger partial charge in [-0.05, 0) is 25.8 Å². The lowest BCUT2D eigenvalue weighted by Gasteiger charge is -2.19. The molecule has 1 aliphatic heterocycles. The summed E-state index contributed by atoms with van der Waals surface area (Å²) in [6, 6.07) is 3.18. The summed E-state index contributed by atoms with van der Waals surface area (Å²) in [5.41, 5.74) is 6.23. The number of fused-ring (bicyclic) bond motifs is 3.